The third-order valence-electron chi connectivity index (χ3n) is 6.53. The monoisotopic (exact) mass is 479 g/mol. The summed E-state index contributed by atoms with van der Waals surface area (Å²) in [6.45, 7) is 1.02. The second kappa shape index (κ2) is 10.4. The summed E-state index contributed by atoms with van der Waals surface area (Å²) in [4.78, 5) is 16.7. The molecule has 0 spiro atoms. The smallest absolute Gasteiger partial charge is 0.267 e. The fraction of sp³-hybridized carbons (Fsp3) is 0.167. The number of methoxy groups -OCH3 is 2. The van der Waals surface area contributed by atoms with Crippen LogP contribution in [0.4, 0.5) is 0 Å². The number of nitrogens with zero attached hydrogens (tertiary/aromatic N) is 1. The van der Waals surface area contributed by atoms with Crippen LogP contribution in [0.25, 0.3) is 10.9 Å². The van der Waals surface area contributed by atoms with Crippen molar-refractivity contribution in [1.29, 1.82) is 0 Å². The van der Waals surface area contributed by atoms with Crippen molar-refractivity contribution < 1.29 is 14.3 Å². The number of hydrogen-bond acceptors (Lipinski definition) is 3. The van der Waals surface area contributed by atoms with Crippen molar-refractivity contribution in [2.75, 3.05) is 20.8 Å². The first kappa shape index (κ1) is 23.3. The van der Waals surface area contributed by atoms with Crippen molar-refractivity contribution in [3.05, 3.63) is 120 Å². The van der Waals surface area contributed by atoms with Crippen LogP contribution in [0.5, 0.6) is 11.5 Å². The maximum atomic E-state index is 13.4. The summed E-state index contributed by atoms with van der Waals surface area (Å²) in [5, 5.41) is 4.29. The van der Waals surface area contributed by atoms with Gasteiger partial charge in [0.2, 0.25) is 0 Å². The molecule has 5 rings (SSSR count). The average molecular weight is 480 g/mol. The molecular formula is C30H29N3O3. The van der Waals surface area contributed by atoms with Gasteiger partial charge in [0.1, 0.15) is 5.69 Å². The Morgan fingerprint density at radius 3 is 2.50 bits per heavy atom. The van der Waals surface area contributed by atoms with Crippen LogP contribution in [0.2, 0.25) is 0 Å². The number of rotatable bonds is 9. The number of hydrogen-bond donors (Lipinski definition) is 2. The maximum absolute atomic E-state index is 13.4. The predicted octanol–water partition coefficient (Wildman–Crippen LogP) is 5.60. The second-order valence-corrected chi connectivity index (χ2v) is 8.64. The summed E-state index contributed by atoms with van der Waals surface area (Å²) in [5.41, 5.74) is 4.83. The van der Waals surface area contributed by atoms with E-state index in [0.717, 1.165) is 27.6 Å². The van der Waals surface area contributed by atoms with Crippen molar-refractivity contribution in [2.45, 2.75) is 12.5 Å². The summed E-state index contributed by atoms with van der Waals surface area (Å²) in [5.74, 6) is 1.04. The van der Waals surface area contributed by atoms with E-state index in [9.17, 15) is 4.79 Å². The van der Waals surface area contributed by atoms with E-state index in [2.05, 4.69) is 28.5 Å². The number of ether oxygens (including phenoxy) is 2. The molecule has 2 heterocycles. The van der Waals surface area contributed by atoms with Gasteiger partial charge in [-0.05, 0) is 35.4 Å². The number of amides is 1. The van der Waals surface area contributed by atoms with E-state index in [4.69, 9.17) is 9.47 Å². The summed E-state index contributed by atoms with van der Waals surface area (Å²) < 4.78 is 13.3. The molecule has 0 fully saturated rings. The molecule has 0 aliphatic rings. The van der Waals surface area contributed by atoms with E-state index in [1.165, 1.54) is 0 Å². The maximum Gasteiger partial charge on any atom is 0.267 e. The number of aromatic amines is 1. The van der Waals surface area contributed by atoms with Gasteiger partial charge in [0, 0.05) is 47.9 Å². The van der Waals surface area contributed by atoms with Crippen molar-refractivity contribution >= 4 is 16.8 Å². The number of aromatic nitrogens is 2. The van der Waals surface area contributed by atoms with E-state index >= 15 is 0 Å². The molecule has 3 aromatic carbocycles. The van der Waals surface area contributed by atoms with Gasteiger partial charge in [-0.2, -0.15) is 0 Å². The molecule has 0 bridgehead atoms. The molecule has 0 radical (unpaired) electrons. The molecule has 1 amide bonds. The van der Waals surface area contributed by atoms with Gasteiger partial charge in [0.15, 0.2) is 11.5 Å². The van der Waals surface area contributed by atoms with Gasteiger partial charge >= 0.3 is 0 Å². The average Bonchev–Trinajstić information content (AvgIpc) is 3.56. The molecule has 6 heteroatoms. The molecular weight excluding hydrogens is 450 g/mol. The quantitative estimate of drug-likeness (QED) is 0.289. The Morgan fingerprint density at radius 2 is 1.69 bits per heavy atom. The van der Waals surface area contributed by atoms with Gasteiger partial charge in [0.25, 0.3) is 5.91 Å². The van der Waals surface area contributed by atoms with Gasteiger partial charge in [-0.15, -0.1) is 0 Å². The van der Waals surface area contributed by atoms with Gasteiger partial charge < -0.3 is 24.3 Å². The SMILES string of the molecule is COc1cccc(C(CNC(=O)c2cccn2Cc2ccccc2)c2c[nH]c3ccccc23)c1OC. The number of benzene rings is 3. The molecule has 2 aromatic heterocycles. The molecule has 0 aliphatic carbocycles. The Labute approximate surface area is 210 Å². The van der Waals surface area contributed by atoms with E-state index in [-0.39, 0.29) is 11.8 Å². The minimum absolute atomic E-state index is 0.123. The normalized spacial score (nSPS) is 11.8. The largest absolute Gasteiger partial charge is 0.493 e. The van der Waals surface area contributed by atoms with Crippen LogP contribution in [-0.2, 0) is 6.54 Å². The van der Waals surface area contributed by atoms with Crippen molar-refractivity contribution in [2.24, 2.45) is 0 Å². The summed E-state index contributed by atoms with van der Waals surface area (Å²) in [7, 11) is 3.27. The molecule has 36 heavy (non-hydrogen) atoms. The number of H-pyrrole nitrogens is 1. The second-order valence-electron chi connectivity index (χ2n) is 8.64. The number of fused-ring (bicyclic) bond motifs is 1. The lowest BCUT2D eigenvalue weighted by Gasteiger charge is -2.22. The lowest BCUT2D eigenvalue weighted by molar-refractivity contribution is 0.0943. The van der Waals surface area contributed by atoms with Crippen LogP contribution in [0.1, 0.15) is 33.1 Å². The van der Waals surface area contributed by atoms with E-state index in [1.807, 2.05) is 83.7 Å². The van der Waals surface area contributed by atoms with Gasteiger partial charge in [0.05, 0.1) is 14.2 Å². The van der Waals surface area contributed by atoms with E-state index < -0.39 is 0 Å². The fourth-order valence-corrected chi connectivity index (χ4v) is 4.78. The first-order valence-electron chi connectivity index (χ1n) is 11.9. The lowest BCUT2D eigenvalue weighted by Crippen LogP contribution is -2.30. The molecule has 1 atom stereocenters. The minimum atomic E-state index is -0.160. The van der Waals surface area contributed by atoms with Crippen LogP contribution < -0.4 is 14.8 Å². The topological polar surface area (TPSA) is 68.3 Å². The molecule has 0 saturated carbocycles. The van der Waals surface area contributed by atoms with Crippen LogP contribution in [0.15, 0.2) is 97.3 Å². The highest BCUT2D eigenvalue weighted by molar-refractivity contribution is 5.93. The van der Waals surface area contributed by atoms with Gasteiger partial charge in [-0.3, -0.25) is 4.79 Å². The Bertz CT molecular complexity index is 1470. The van der Waals surface area contributed by atoms with Crippen molar-refractivity contribution in [1.82, 2.24) is 14.9 Å². The Balaban J connectivity index is 1.46. The molecule has 2 N–H and O–H groups in total. The molecule has 0 saturated heterocycles. The van der Waals surface area contributed by atoms with E-state index in [0.29, 0.717) is 30.3 Å². The number of para-hydroxylation sites is 2. The molecule has 5 aromatic rings. The van der Waals surface area contributed by atoms with Crippen LogP contribution >= 0.6 is 0 Å². The highest BCUT2D eigenvalue weighted by Gasteiger charge is 2.25. The Morgan fingerprint density at radius 1 is 0.889 bits per heavy atom. The standard InChI is InChI=1S/C30H29N3O3/c1-35-28-16-8-13-23(29(28)36-2)25(24-18-31-26-14-7-6-12-22(24)26)19-32-30(34)27-15-9-17-33(27)20-21-10-4-3-5-11-21/h3-18,25,31H,19-20H2,1-2H3,(H,32,34). The zero-order valence-electron chi connectivity index (χ0n) is 20.4. The number of carbonyl (C=O) groups excluding carboxylic acids is 1. The van der Waals surface area contributed by atoms with Crippen molar-refractivity contribution in [3.63, 3.8) is 0 Å². The molecule has 1 unspecified atom stereocenters. The molecule has 0 aliphatic heterocycles. The summed E-state index contributed by atoms with van der Waals surface area (Å²) >= 11 is 0. The first-order valence-corrected chi connectivity index (χ1v) is 11.9. The zero-order valence-corrected chi connectivity index (χ0v) is 20.4. The third kappa shape index (κ3) is 4.58. The highest BCUT2D eigenvalue weighted by atomic mass is 16.5. The Kier molecular flexibility index (Phi) is 6.76. The summed E-state index contributed by atoms with van der Waals surface area (Å²) in [6.07, 6.45) is 3.95. The number of nitrogens with one attached hydrogen (secondary N) is 2. The Hall–Kier alpha value is -4.45. The van der Waals surface area contributed by atoms with Crippen LogP contribution in [0.3, 0.4) is 0 Å². The molecule has 6 nitrogen and oxygen atoms in total. The first-order chi connectivity index (χ1) is 17.7. The molecule has 182 valence electrons. The van der Waals surface area contributed by atoms with Crippen LogP contribution in [-0.4, -0.2) is 36.2 Å². The van der Waals surface area contributed by atoms with Crippen molar-refractivity contribution in [3.8, 4) is 11.5 Å². The minimum Gasteiger partial charge on any atom is -0.493 e. The lowest BCUT2D eigenvalue weighted by atomic mass is 9.89. The summed E-state index contributed by atoms with van der Waals surface area (Å²) in [6, 6.07) is 27.9. The predicted molar refractivity (Wildman–Crippen MR) is 142 cm³/mol. The van der Waals surface area contributed by atoms with E-state index in [1.54, 1.807) is 14.2 Å². The number of carbonyl (C=O) groups is 1. The van der Waals surface area contributed by atoms with Crippen LogP contribution in [0, 0.1) is 0 Å². The zero-order chi connectivity index (χ0) is 24.9. The third-order valence-corrected chi connectivity index (χ3v) is 6.53. The van der Waals surface area contributed by atoms with Gasteiger partial charge in [-0.25, -0.2) is 0 Å². The highest BCUT2D eigenvalue weighted by Crippen LogP contribution is 2.40. The fourth-order valence-electron chi connectivity index (χ4n) is 4.78. The van der Waals surface area contributed by atoms with Gasteiger partial charge in [-0.1, -0.05) is 60.7 Å².